The van der Waals surface area contributed by atoms with E-state index in [2.05, 4.69) is 26.2 Å². The number of nitrogens with zero attached hydrogens (tertiary/aromatic N) is 1. The molecule has 100 valence electrons. The molecule has 1 N–H and O–H groups in total. The normalized spacial score (nSPS) is 12.4. The van der Waals surface area contributed by atoms with Gasteiger partial charge in [-0.25, -0.2) is 8.78 Å². The van der Waals surface area contributed by atoms with E-state index in [4.69, 9.17) is 0 Å². The molecule has 0 aliphatic heterocycles. The van der Waals surface area contributed by atoms with Gasteiger partial charge in [0.1, 0.15) is 11.6 Å². The number of pyridine rings is 1. The zero-order valence-corrected chi connectivity index (χ0v) is 11.9. The molecule has 0 spiro atoms. The molecule has 0 radical (unpaired) electrons. The zero-order valence-electron chi connectivity index (χ0n) is 10.3. The van der Waals surface area contributed by atoms with Gasteiger partial charge in [-0.15, -0.1) is 0 Å². The lowest BCUT2D eigenvalue weighted by Crippen LogP contribution is -2.20. The van der Waals surface area contributed by atoms with E-state index in [1.54, 1.807) is 13.2 Å². The third kappa shape index (κ3) is 3.58. The van der Waals surface area contributed by atoms with Crippen molar-refractivity contribution in [2.45, 2.75) is 12.5 Å². The van der Waals surface area contributed by atoms with Crippen LogP contribution in [-0.4, -0.2) is 12.0 Å². The Kier molecular flexibility index (Phi) is 4.61. The van der Waals surface area contributed by atoms with Gasteiger partial charge in [0.25, 0.3) is 0 Å². The average molecular weight is 327 g/mol. The van der Waals surface area contributed by atoms with Crippen LogP contribution in [0.25, 0.3) is 0 Å². The lowest BCUT2D eigenvalue weighted by Gasteiger charge is -2.17. The van der Waals surface area contributed by atoms with Gasteiger partial charge in [0, 0.05) is 34.4 Å². The summed E-state index contributed by atoms with van der Waals surface area (Å²) in [5.74, 6) is -0.863. The molecule has 2 nitrogen and oxygen atoms in total. The highest BCUT2D eigenvalue weighted by molar-refractivity contribution is 9.10. The van der Waals surface area contributed by atoms with E-state index in [0.717, 1.165) is 22.3 Å². The van der Waals surface area contributed by atoms with Crippen LogP contribution in [-0.2, 0) is 6.42 Å². The van der Waals surface area contributed by atoms with Crippen LogP contribution in [0.5, 0.6) is 0 Å². The first-order chi connectivity index (χ1) is 9.10. The number of nitrogens with one attached hydrogen (secondary N) is 1. The molecule has 1 aromatic carbocycles. The first-order valence-corrected chi connectivity index (χ1v) is 6.62. The number of halogens is 3. The highest BCUT2D eigenvalue weighted by atomic mass is 79.9. The second kappa shape index (κ2) is 6.21. The third-order valence-electron chi connectivity index (χ3n) is 2.88. The Morgan fingerprint density at radius 3 is 2.68 bits per heavy atom. The van der Waals surface area contributed by atoms with Crippen molar-refractivity contribution in [3.05, 3.63) is 63.9 Å². The minimum absolute atomic E-state index is 0.312. The number of likely N-dealkylation sites (N-methyl/N-ethyl adjacent to an activating group) is 1. The van der Waals surface area contributed by atoms with Crippen molar-refractivity contribution in [2.75, 3.05) is 7.05 Å². The highest BCUT2D eigenvalue weighted by Crippen LogP contribution is 2.22. The number of rotatable bonds is 4. The molecule has 2 rings (SSSR count). The molecule has 0 fully saturated rings. The Balaban J connectivity index is 2.24. The second-order valence-corrected chi connectivity index (χ2v) is 5.09. The lowest BCUT2D eigenvalue weighted by atomic mass is 10.0. The summed E-state index contributed by atoms with van der Waals surface area (Å²) in [4.78, 5) is 4.24. The van der Waals surface area contributed by atoms with Gasteiger partial charge in [-0.3, -0.25) is 4.98 Å². The van der Waals surface area contributed by atoms with Crippen LogP contribution in [0.15, 0.2) is 41.0 Å². The van der Waals surface area contributed by atoms with E-state index in [9.17, 15) is 8.78 Å². The highest BCUT2D eigenvalue weighted by Gasteiger charge is 2.16. The summed E-state index contributed by atoms with van der Waals surface area (Å²) in [6.45, 7) is 0. The lowest BCUT2D eigenvalue weighted by molar-refractivity contribution is 0.519. The van der Waals surface area contributed by atoms with E-state index >= 15 is 0 Å². The molecular weight excluding hydrogens is 314 g/mol. The fraction of sp³-hybridized carbons (Fsp3) is 0.214. The van der Waals surface area contributed by atoms with Gasteiger partial charge in [-0.2, -0.15) is 0 Å². The van der Waals surface area contributed by atoms with Crippen molar-refractivity contribution in [2.24, 2.45) is 0 Å². The predicted molar refractivity (Wildman–Crippen MR) is 73.8 cm³/mol. The molecule has 0 bridgehead atoms. The zero-order chi connectivity index (χ0) is 13.8. The van der Waals surface area contributed by atoms with Crippen molar-refractivity contribution in [3.63, 3.8) is 0 Å². The van der Waals surface area contributed by atoms with Crippen molar-refractivity contribution >= 4 is 15.9 Å². The Morgan fingerprint density at radius 2 is 2.05 bits per heavy atom. The molecule has 0 saturated heterocycles. The molecular formula is C14H13BrF2N2. The van der Waals surface area contributed by atoms with E-state index < -0.39 is 11.6 Å². The molecule has 1 unspecified atom stereocenters. The maximum atomic E-state index is 13.7. The Hall–Kier alpha value is -1.33. The van der Waals surface area contributed by atoms with E-state index in [-0.39, 0.29) is 6.04 Å². The number of aromatic nitrogens is 1. The van der Waals surface area contributed by atoms with Gasteiger partial charge < -0.3 is 5.32 Å². The maximum Gasteiger partial charge on any atom is 0.128 e. The second-order valence-electron chi connectivity index (χ2n) is 4.18. The van der Waals surface area contributed by atoms with Crippen LogP contribution in [0.4, 0.5) is 8.78 Å². The number of hydrogen-bond acceptors (Lipinski definition) is 2. The largest absolute Gasteiger partial charge is 0.313 e. The summed E-state index contributed by atoms with van der Waals surface area (Å²) < 4.78 is 27.8. The minimum Gasteiger partial charge on any atom is -0.313 e. The molecule has 0 amide bonds. The smallest absolute Gasteiger partial charge is 0.128 e. The summed E-state index contributed by atoms with van der Waals surface area (Å²) in [7, 11) is 1.72. The van der Waals surface area contributed by atoms with E-state index in [1.165, 1.54) is 6.07 Å². The van der Waals surface area contributed by atoms with Crippen LogP contribution < -0.4 is 5.32 Å². The molecule has 2 aromatic rings. The van der Waals surface area contributed by atoms with Gasteiger partial charge in [0.05, 0.1) is 0 Å². The SMILES string of the molecule is CNC(Cc1ccc(Br)cn1)c1cc(F)ccc1F. The minimum atomic E-state index is -0.444. The number of benzene rings is 1. The van der Waals surface area contributed by atoms with Gasteiger partial charge in [-0.1, -0.05) is 0 Å². The summed E-state index contributed by atoms with van der Waals surface area (Å²) in [6, 6.07) is 6.88. The van der Waals surface area contributed by atoms with Gasteiger partial charge in [-0.05, 0) is 53.3 Å². The summed E-state index contributed by atoms with van der Waals surface area (Å²) in [5.41, 5.74) is 1.12. The summed E-state index contributed by atoms with van der Waals surface area (Å²) in [5, 5.41) is 2.99. The van der Waals surface area contributed by atoms with Crippen molar-refractivity contribution in [1.82, 2.24) is 10.3 Å². The molecule has 19 heavy (non-hydrogen) atoms. The van der Waals surface area contributed by atoms with Crippen molar-refractivity contribution in [1.29, 1.82) is 0 Å². The van der Waals surface area contributed by atoms with Crippen LogP contribution in [0.2, 0.25) is 0 Å². The van der Waals surface area contributed by atoms with Crippen molar-refractivity contribution in [3.8, 4) is 0 Å². The molecule has 0 aliphatic carbocycles. The topological polar surface area (TPSA) is 24.9 Å². The average Bonchev–Trinajstić information content (AvgIpc) is 2.41. The summed E-state index contributed by atoms with van der Waals surface area (Å²) >= 11 is 3.31. The van der Waals surface area contributed by atoms with Gasteiger partial charge >= 0.3 is 0 Å². The standard InChI is InChI=1S/C14H13BrF2N2/c1-18-14(7-11-4-2-9(15)8-19-11)12-6-10(16)3-5-13(12)17/h2-6,8,14,18H,7H2,1H3. The Labute approximate surface area is 119 Å². The summed E-state index contributed by atoms with van der Waals surface area (Å²) in [6.07, 6.45) is 2.17. The number of hydrogen-bond donors (Lipinski definition) is 1. The van der Waals surface area contributed by atoms with Crippen LogP contribution in [0.3, 0.4) is 0 Å². The molecule has 1 atom stereocenters. The molecule has 1 heterocycles. The fourth-order valence-corrected chi connectivity index (χ4v) is 2.12. The molecule has 0 saturated carbocycles. The molecule has 1 aromatic heterocycles. The van der Waals surface area contributed by atoms with E-state index in [0.29, 0.717) is 12.0 Å². The van der Waals surface area contributed by atoms with Crippen LogP contribution in [0.1, 0.15) is 17.3 Å². The third-order valence-corrected chi connectivity index (χ3v) is 3.35. The van der Waals surface area contributed by atoms with Crippen LogP contribution in [0, 0.1) is 11.6 Å². The predicted octanol–water partition coefficient (Wildman–Crippen LogP) is 3.63. The Morgan fingerprint density at radius 1 is 1.26 bits per heavy atom. The monoisotopic (exact) mass is 326 g/mol. The van der Waals surface area contributed by atoms with E-state index in [1.807, 2.05) is 12.1 Å². The van der Waals surface area contributed by atoms with Gasteiger partial charge in [0.2, 0.25) is 0 Å². The molecule has 0 aliphatic rings. The first-order valence-electron chi connectivity index (χ1n) is 5.83. The fourth-order valence-electron chi connectivity index (χ4n) is 1.89. The Bertz CT molecular complexity index is 558. The van der Waals surface area contributed by atoms with Crippen molar-refractivity contribution < 1.29 is 8.78 Å². The molecule has 5 heteroatoms. The maximum absolute atomic E-state index is 13.7. The van der Waals surface area contributed by atoms with Crippen LogP contribution >= 0.6 is 15.9 Å². The quantitative estimate of drug-likeness (QED) is 0.928. The first kappa shape index (κ1) is 14.1. The van der Waals surface area contributed by atoms with Gasteiger partial charge in [0.15, 0.2) is 0 Å².